The fraction of sp³-hybridized carbons (Fsp3) is 0.600. The van der Waals surface area contributed by atoms with Crippen LogP contribution in [0, 0.1) is 0 Å². The van der Waals surface area contributed by atoms with Crippen LogP contribution < -0.4 is 10.6 Å². The van der Waals surface area contributed by atoms with E-state index >= 15 is 0 Å². The number of carbonyl (C=O) groups is 2. The molecule has 3 amide bonds. The minimum Gasteiger partial charge on any atom is -0.377 e. The zero-order valence-corrected chi connectivity index (χ0v) is 16.7. The highest BCUT2D eigenvalue weighted by Crippen LogP contribution is 2.07. The highest BCUT2D eigenvalue weighted by atomic mass is 16.5. The van der Waals surface area contributed by atoms with Crippen molar-refractivity contribution in [1.82, 2.24) is 20.4 Å². The number of urea groups is 1. The molecular weight excluding hydrogens is 344 g/mol. The van der Waals surface area contributed by atoms with E-state index in [0.717, 1.165) is 11.1 Å². The van der Waals surface area contributed by atoms with E-state index in [9.17, 15) is 9.59 Å². The normalized spacial score (nSPS) is 15.0. The van der Waals surface area contributed by atoms with Gasteiger partial charge in [-0.3, -0.25) is 9.69 Å². The van der Waals surface area contributed by atoms with Gasteiger partial charge in [0.2, 0.25) is 5.91 Å². The number of rotatable bonds is 8. The first kappa shape index (κ1) is 21.2. The standard InChI is InChI=1S/C20H32N4O3/c1-4-27-15-18-7-5-17(6-8-18)13-21-20(26)24-11-9-23(10-12-24)14-19(25)22-16(2)3/h5-8,16H,4,9-15H2,1-3H3,(H,21,26)(H,22,25). The molecule has 7 nitrogen and oxygen atoms in total. The Labute approximate surface area is 162 Å². The fourth-order valence-electron chi connectivity index (χ4n) is 2.94. The molecule has 0 bridgehead atoms. The van der Waals surface area contributed by atoms with E-state index in [1.807, 2.05) is 45.0 Å². The molecule has 1 fully saturated rings. The zero-order valence-electron chi connectivity index (χ0n) is 16.7. The van der Waals surface area contributed by atoms with Crippen molar-refractivity contribution in [2.75, 3.05) is 39.3 Å². The first-order valence-corrected chi connectivity index (χ1v) is 9.68. The molecule has 1 saturated heterocycles. The molecule has 1 heterocycles. The van der Waals surface area contributed by atoms with Gasteiger partial charge >= 0.3 is 6.03 Å². The number of nitrogens with zero attached hydrogens (tertiary/aromatic N) is 2. The Bertz CT molecular complexity index is 596. The zero-order chi connectivity index (χ0) is 19.6. The van der Waals surface area contributed by atoms with E-state index in [4.69, 9.17) is 4.74 Å². The highest BCUT2D eigenvalue weighted by Gasteiger charge is 2.22. The van der Waals surface area contributed by atoms with E-state index < -0.39 is 0 Å². The second-order valence-corrected chi connectivity index (χ2v) is 7.10. The van der Waals surface area contributed by atoms with Crippen LogP contribution in [0.1, 0.15) is 31.9 Å². The van der Waals surface area contributed by atoms with E-state index in [2.05, 4.69) is 15.5 Å². The van der Waals surface area contributed by atoms with Crippen LogP contribution in [-0.4, -0.2) is 67.1 Å². The van der Waals surface area contributed by atoms with Crippen LogP contribution in [0.3, 0.4) is 0 Å². The number of benzene rings is 1. The molecule has 0 unspecified atom stereocenters. The van der Waals surface area contributed by atoms with Crippen molar-refractivity contribution in [3.05, 3.63) is 35.4 Å². The van der Waals surface area contributed by atoms with E-state index in [1.165, 1.54) is 0 Å². The summed E-state index contributed by atoms with van der Waals surface area (Å²) in [4.78, 5) is 28.1. The maximum absolute atomic E-state index is 12.4. The van der Waals surface area contributed by atoms with Gasteiger partial charge in [0.05, 0.1) is 13.2 Å². The molecule has 2 rings (SSSR count). The van der Waals surface area contributed by atoms with Gasteiger partial charge in [0.15, 0.2) is 0 Å². The van der Waals surface area contributed by atoms with Crippen LogP contribution in [0.25, 0.3) is 0 Å². The van der Waals surface area contributed by atoms with Gasteiger partial charge in [0.1, 0.15) is 0 Å². The van der Waals surface area contributed by atoms with E-state index in [-0.39, 0.29) is 18.0 Å². The lowest BCUT2D eigenvalue weighted by atomic mass is 10.1. The molecule has 0 spiro atoms. The predicted molar refractivity (Wildman–Crippen MR) is 105 cm³/mol. The molecule has 0 aliphatic carbocycles. The summed E-state index contributed by atoms with van der Waals surface area (Å²) in [5.41, 5.74) is 2.19. The molecule has 0 radical (unpaired) electrons. The molecule has 1 aliphatic rings. The lowest BCUT2D eigenvalue weighted by Gasteiger charge is -2.34. The SMILES string of the molecule is CCOCc1ccc(CNC(=O)N2CCN(CC(=O)NC(C)C)CC2)cc1. The molecule has 0 atom stereocenters. The van der Waals surface area contributed by atoms with Crippen molar-refractivity contribution < 1.29 is 14.3 Å². The summed E-state index contributed by atoms with van der Waals surface area (Å²) in [7, 11) is 0. The molecule has 7 heteroatoms. The summed E-state index contributed by atoms with van der Waals surface area (Å²) in [6.07, 6.45) is 0. The van der Waals surface area contributed by atoms with Gasteiger partial charge in [0.25, 0.3) is 0 Å². The van der Waals surface area contributed by atoms with Crippen LogP contribution in [0.5, 0.6) is 0 Å². The molecular formula is C20H32N4O3. The summed E-state index contributed by atoms with van der Waals surface area (Å²) in [5.74, 6) is 0.0377. The Morgan fingerprint density at radius 2 is 1.70 bits per heavy atom. The molecule has 0 saturated carbocycles. The first-order valence-electron chi connectivity index (χ1n) is 9.68. The Balaban J connectivity index is 1.69. The van der Waals surface area contributed by atoms with Crippen LogP contribution in [0.4, 0.5) is 4.79 Å². The van der Waals surface area contributed by atoms with Gasteiger partial charge in [0, 0.05) is 45.4 Å². The van der Waals surface area contributed by atoms with Gasteiger partial charge in [-0.05, 0) is 31.9 Å². The van der Waals surface area contributed by atoms with Gasteiger partial charge in [-0.25, -0.2) is 4.79 Å². The summed E-state index contributed by atoms with van der Waals surface area (Å²) in [5, 5.41) is 5.87. The number of piperazine rings is 1. The molecule has 1 aromatic carbocycles. The van der Waals surface area contributed by atoms with Crippen LogP contribution in [0.2, 0.25) is 0 Å². The Morgan fingerprint density at radius 1 is 1.07 bits per heavy atom. The molecule has 1 aromatic rings. The van der Waals surface area contributed by atoms with Crippen LogP contribution in [-0.2, 0) is 22.7 Å². The number of hydrogen-bond acceptors (Lipinski definition) is 4. The second-order valence-electron chi connectivity index (χ2n) is 7.10. The third-order valence-electron chi connectivity index (χ3n) is 4.42. The quantitative estimate of drug-likeness (QED) is 0.722. The summed E-state index contributed by atoms with van der Waals surface area (Å²) < 4.78 is 5.38. The molecule has 2 N–H and O–H groups in total. The van der Waals surface area contributed by atoms with Crippen molar-refractivity contribution in [3.8, 4) is 0 Å². The Hall–Kier alpha value is -2.12. The monoisotopic (exact) mass is 376 g/mol. The number of carbonyl (C=O) groups excluding carboxylic acids is 2. The van der Waals surface area contributed by atoms with Gasteiger partial charge in [-0.1, -0.05) is 24.3 Å². The summed E-state index contributed by atoms with van der Waals surface area (Å²) >= 11 is 0. The van der Waals surface area contributed by atoms with Gasteiger partial charge in [-0.2, -0.15) is 0 Å². The lowest BCUT2D eigenvalue weighted by Crippen LogP contribution is -2.53. The predicted octanol–water partition coefficient (Wildman–Crippen LogP) is 1.57. The van der Waals surface area contributed by atoms with Crippen molar-refractivity contribution >= 4 is 11.9 Å². The molecule has 27 heavy (non-hydrogen) atoms. The first-order chi connectivity index (χ1) is 13.0. The second kappa shape index (κ2) is 10.9. The highest BCUT2D eigenvalue weighted by molar-refractivity contribution is 5.78. The smallest absolute Gasteiger partial charge is 0.317 e. The Kier molecular flexibility index (Phi) is 8.54. The minimum absolute atomic E-state index is 0.0377. The van der Waals surface area contributed by atoms with Crippen molar-refractivity contribution in [2.24, 2.45) is 0 Å². The average molecular weight is 377 g/mol. The lowest BCUT2D eigenvalue weighted by molar-refractivity contribution is -0.123. The van der Waals surface area contributed by atoms with Crippen molar-refractivity contribution in [1.29, 1.82) is 0 Å². The number of nitrogens with one attached hydrogen (secondary N) is 2. The minimum atomic E-state index is -0.0559. The number of hydrogen-bond donors (Lipinski definition) is 2. The third kappa shape index (κ3) is 7.56. The van der Waals surface area contributed by atoms with E-state index in [1.54, 1.807) is 4.90 Å². The Morgan fingerprint density at radius 3 is 2.30 bits per heavy atom. The summed E-state index contributed by atoms with van der Waals surface area (Å²) in [6, 6.07) is 8.17. The average Bonchev–Trinajstić information content (AvgIpc) is 2.65. The van der Waals surface area contributed by atoms with Crippen LogP contribution >= 0.6 is 0 Å². The van der Waals surface area contributed by atoms with Crippen molar-refractivity contribution in [2.45, 2.75) is 40.0 Å². The maximum atomic E-state index is 12.4. The largest absolute Gasteiger partial charge is 0.377 e. The number of amides is 3. The van der Waals surface area contributed by atoms with Crippen molar-refractivity contribution in [3.63, 3.8) is 0 Å². The third-order valence-corrected chi connectivity index (χ3v) is 4.42. The number of ether oxygens (including phenoxy) is 1. The molecule has 150 valence electrons. The van der Waals surface area contributed by atoms with Gasteiger partial charge < -0.3 is 20.3 Å². The van der Waals surface area contributed by atoms with E-state index in [0.29, 0.717) is 52.5 Å². The van der Waals surface area contributed by atoms with Crippen LogP contribution in [0.15, 0.2) is 24.3 Å². The molecule has 0 aromatic heterocycles. The van der Waals surface area contributed by atoms with Gasteiger partial charge in [-0.15, -0.1) is 0 Å². The summed E-state index contributed by atoms with van der Waals surface area (Å²) in [6.45, 7) is 10.8. The fourth-order valence-corrected chi connectivity index (χ4v) is 2.94. The maximum Gasteiger partial charge on any atom is 0.317 e. The topological polar surface area (TPSA) is 73.9 Å². The molecule has 1 aliphatic heterocycles.